The second kappa shape index (κ2) is 7.29. The Morgan fingerprint density at radius 3 is 2.50 bits per heavy atom. The number of unbranched alkanes of at least 4 members (excludes halogenated alkanes) is 1. The highest BCUT2D eigenvalue weighted by Crippen LogP contribution is 2.09. The Labute approximate surface area is 75.3 Å². The lowest BCUT2D eigenvalue weighted by molar-refractivity contribution is -0.111. The second-order valence-electron chi connectivity index (χ2n) is 3.35. The first-order chi connectivity index (χ1) is 5.70. The van der Waals surface area contributed by atoms with Crippen molar-refractivity contribution in [2.75, 3.05) is 0 Å². The third-order valence-electron chi connectivity index (χ3n) is 1.70. The molecule has 0 aromatic heterocycles. The van der Waals surface area contributed by atoms with E-state index in [0.29, 0.717) is 6.42 Å². The molecule has 0 saturated carbocycles. The maximum absolute atomic E-state index is 10.3. The summed E-state index contributed by atoms with van der Waals surface area (Å²) in [5.41, 5.74) is 0. The molecule has 0 N–H and O–H groups in total. The van der Waals surface area contributed by atoms with Crippen LogP contribution in [-0.4, -0.2) is 18.5 Å². The Hall–Kier alpha value is -0.370. The molecule has 0 aliphatic heterocycles. The summed E-state index contributed by atoms with van der Waals surface area (Å²) in [5, 5.41) is 0. The maximum atomic E-state index is 10.3. The molecule has 0 amide bonds. The molecule has 12 heavy (non-hydrogen) atoms. The first-order valence-electron chi connectivity index (χ1n) is 4.79. The van der Waals surface area contributed by atoms with Gasteiger partial charge in [-0.05, 0) is 20.3 Å². The number of hydrogen-bond acceptors (Lipinski definition) is 2. The van der Waals surface area contributed by atoms with Gasteiger partial charge in [-0.2, -0.15) is 0 Å². The molecule has 0 aromatic rings. The molecule has 2 heteroatoms. The van der Waals surface area contributed by atoms with Gasteiger partial charge in [0.25, 0.3) is 0 Å². The van der Waals surface area contributed by atoms with E-state index in [2.05, 4.69) is 6.92 Å². The summed E-state index contributed by atoms with van der Waals surface area (Å²) in [6.07, 6.45) is 5.17. The van der Waals surface area contributed by atoms with E-state index in [-0.39, 0.29) is 12.2 Å². The van der Waals surface area contributed by atoms with Crippen LogP contribution in [-0.2, 0) is 9.53 Å². The average Bonchev–Trinajstić information content (AvgIpc) is 2.00. The number of aldehydes is 1. The fourth-order valence-corrected chi connectivity index (χ4v) is 1.17. The van der Waals surface area contributed by atoms with Crippen molar-refractivity contribution in [3.63, 3.8) is 0 Å². The van der Waals surface area contributed by atoms with Crippen molar-refractivity contribution in [1.82, 2.24) is 0 Å². The van der Waals surface area contributed by atoms with E-state index in [1.165, 1.54) is 0 Å². The fourth-order valence-electron chi connectivity index (χ4n) is 1.17. The molecule has 0 bridgehead atoms. The van der Waals surface area contributed by atoms with Gasteiger partial charge in [0.05, 0.1) is 12.2 Å². The average molecular weight is 172 g/mol. The summed E-state index contributed by atoms with van der Waals surface area (Å²) in [7, 11) is 0. The van der Waals surface area contributed by atoms with Gasteiger partial charge in [0.1, 0.15) is 6.29 Å². The largest absolute Gasteiger partial charge is 0.375 e. The fraction of sp³-hybridized carbons (Fsp3) is 0.900. The van der Waals surface area contributed by atoms with Crippen LogP contribution < -0.4 is 0 Å². The first-order valence-corrected chi connectivity index (χ1v) is 4.79. The molecule has 0 radical (unpaired) electrons. The number of hydrogen-bond donors (Lipinski definition) is 0. The summed E-state index contributed by atoms with van der Waals surface area (Å²) in [6.45, 7) is 6.15. The molecule has 0 rings (SSSR count). The standard InChI is InChI=1S/C10H20O2/c1-4-5-6-10(7-8-11)12-9(2)3/h8-10H,4-7H2,1-3H3. The Bertz CT molecular complexity index is 110. The minimum atomic E-state index is 0.141. The molecule has 0 saturated heterocycles. The maximum Gasteiger partial charge on any atom is 0.122 e. The third kappa shape index (κ3) is 6.35. The summed E-state index contributed by atoms with van der Waals surface area (Å²) in [4.78, 5) is 10.3. The first kappa shape index (κ1) is 11.6. The minimum absolute atomic E-state index is 0.141. The van der Waals surface area contributed by atoms with Gasteiger partial charge in [-0.3, -0.25) is 0 Å². The highest BCUT2D eigenvalue weighted by Gasteiger charge is 2.09. The smallest absolute Gasteiger partial charge is 0.122 e. The minimum Gasteiger partial charge on any atom is -0.375 e. The van der Waals surface area contributed by atoms with E-state index in [1.54, 1.807) is 0 Å². The molecule has 0 aliphatic carbocycles. The topological polar surface area (TPSA) is 26.3 Å². The van der Waals surface area contributed by atoms with E-state index >= 15 is 0 Å². The molecule has 1 atom stereocenters. The van der Waals surface area contributed by atoms with E-state index in [1.807, 2.05) is 13.8 Å². The zero-order valence-corrected chi connectivity index (χ0v) is 8.38. The predicted molar refractivity (Wildman–Crippen MR) is 50.2 cm³/mol. The van der Waals surface area contributed by atoms with Gasteiger partial charge in [0.2, 0.25) is 0 Å². The Kier molecular flexibility index (Phi) is 7.06. The molecule has 0 aliphatic rings. The highest BCUT2D eigenvalue weighted by molar-refractivity contribution is 5.50. The zero-order chi connectivity index (χ0) is 9.40. The van der Waals surface area contributed by atoms with Crippen LogP contribution in [0, 0.1) is 0 Å². The van der Waals surface area contributed by atoms with Crippen LogP contribution in [0.15, 0.2) is 0 Å². The van der Waals surface area contributed by atoms with Crippen molar-refractivity contribution < 1.29 is 9.53 Å². The monoisotopic (exact) mass is 172 g/mol. The molecule has 2 nitrogen and oxygen atoms in total. The van der Waals surface area contributed by atoms with Crippen molar-refractivity contribution in [1.29, 1.82) is 0 Å². The molecule has 72 valence electrons. The number of carbonyl (C=O) groups is 1. The lowest BCUT2D eigenvalue weighted by atomic mass is 10.1. The van der Waals surface area contributed by atoms with E-state index in [9.17, 15) is 4.79 Å². The lowest BCUT2D eigenvalue weighted by Crippen LogP contribution is -2.18. The van der Waals surface area contributed by atoms with Crippen LogP contribution >= 0.6 is 0 Å². The van der Waals surface area contributed by atoms with Crippen LogP contribution in [0.25, 0.3) is 0 Å². The van der Waals surface area contributed by atoms with Crippen molar-refractivity contribution in [2.45, 2.75) is 58.7 Å². The van der Waals surface area contributed by atoms with Gasteiger partial charge in [-0.1, -0.05) is 19.8 Å². The van der Waals surface area contributed by atoms with Crippen molar-refractivity contribution in [3.05, 3.63) is 0 Å². The molecule has 1 unspecified atom stereocenters. The van der Waals surface area contributed by atoms with Crippen LogP contribution in [0.5, 0.6) is 0 Å². The normalized spacial score (nSPS) is 13.3. The molecule has 0 aromatic carbocycles. The molecule has 0 fully saturated rings. The number of rotatable bonds is 7. The number of ether oxygens (including phenoxy) is 1. The Balaban J connectivity index is 3.61. The molecule has 0 heterocycles. The van der Waals surface area contributed by atoms with Gasteiger partial charge in [-0.15, -0.1) is 0 Å². The van der Waals surface area contributed by atoms with Gasteiger partial charge in [0.15, 0.2) is 0 Å². The Morgan fingerprint density at radius 1 is 1.42 bits per heavy atom. The third-order valence-corrected chi connectivity index (χ3v) is 1.70. The summed E-state index contributed by atoms with van der Waals surface area (Å²) in [6, 6.07) is 0. The van der Waals surface area contributed by atoms with E-state index in [0.717, 1.165) is 25.5 Å². The van der Waals surface area contributed by atoms with Crippen LogP contribution in [0.2, 0.25) is 0 Å². The highest BCUT2D eigenvalue weighted by atomic mass is 16.5. The van der Waals surface area contributed by atoms with Crippen LogP contribution in [0.1, 0.15) is 46.5 Å². The molecule has 0 spiro atoms. The van der Waals surface area contributed by atoms with Crippen LogP contribution in [0.3, 0.4) is 0 Å². The van der Waals surface area contributed by atoms with Crippen molar-refractivity contribution in [2.24, 2.45) is 0 Å². The van der Waals surface area contributed by atoms with Gasteiger partial charge >= 0.3 is 0 Å². The predicted octanol–water partition coefficient (Wildman–Crippen LogP) is 2.56. The van der Waals surface area contributed by atoms with Crippen molar-refractivity contribution in [3.8, 4) is 0 Å². The van der Waals surface area contributed by atoms with Gasteiger partial charge < -0.3 is 9.53 Å². The Morgan fingerprint density at radius 2 is 2.08 bits per heavy atom. The van der Waals surface area contributed by atoms with Gasteiger partial charge in [-0.25, -0.2) is 0 Å². The van der Waals surface area contributed by atoms with E-state index < -0.39 is 0 Å². The lowest BCUT2D eigenvalue weighted by Gasteiger charge is -2.17. The summed E-state index contributed by atoms with van der Waals surface area (Å²) < 4.78 is 5.56. The summed E-state index contributed by atoms with van der Waals surface area (Å²) >= 11 is 0. The molecular weight excluding hydrogens is 152 g/mol. The second-order valence-corrected chi connectivity index (χ2v) is 3.35. The number of carbonyl (C=O) groups excluding carboxylic acids is 1. The quantitative estimate of drug-likeness (QED) is 0.552. The van der Waals surface area contributed by atoms with Gasteiger partial charge in [0, 0.05) is 6.42 Å². The van der Waals surface area contributed by atoms with Crippen LogP contribution in [0.4, 0.5) is 0 Å². The van der Waals surface area contributed by atoms with E-state index in [4.69, 9.17) is 4.74 Å². The zero-order valence-electron chi connectivity index (χ0n) is 8.38. The SMILES string of the molecule is CCCCC(CC=O)OC(C)C. The van der Waals surface area contributed by atoms with Crippen molar-refractivity contribution >= 4 is 6.29 Å². The molecular formula is C10H20O2. The summed E-state index contributed by atoms with van der Waals surface area (Å²) in [5.74, 6) is 0.